The highest BCUT2D eigenvalue weighted by Gasteiger charge is 2.44. The molecule has 9 atom stereocenters. The molecule has 0 radical (unpaired) electrons. The van der Waals surface area contributed by atoms with E-state index in [1.54, 1.807) is 0 Å². The first-order valence-electron chi connectivity index (χ1n) is 22.7. The third kappa shape index (κ3) is 25.2. The van der Waals surface area contributed by atoms with Crippen LogP contribution in [0.4, 0.5) is 0 Å². The van der Waals surface area contributed by atoms with Gasteiger partial charge in [-0.15, -0.1) is 0 Å². The molecule has 0 aromatic heterocycles. The minimum Gasteiger partial charge on any atom is -0.394 e. The van der Waals surface area contributed by atoms with Crippen molar-refractivity contribution in [3.05, 3.63) is 24.3 Å². The monoisotopic (exact) mass is 800 g/mol. The van der Waals surface area contributed by atoms with Gasteiger partial charge in [0.05, 0.1) is 25.4 Å². The number of nitrogens with one attached hydrogen (secondary N) is 1. The molecule has 330 valence electrons. The molecule has 1 fully saturated rings. The first kappa shape index (κ1) is 52.6. The third-order valence-corrected chi connectivity index (χ3v) is 11.0. The molecule has 0 bridgehead atoms. The Morgan fingerprint density at radius 2 is 1.05 bits per heavy atom. The summed E-state index contributed by atoms with van der Waals surface area (Å²) in [6.07, 6.45) is 26.9. The number of carbonyl (C=O) groups is 1. The number of rotatable bonds is 37. The Kier molecular flexibility index (Phi) is 33.4. The van der Waals surface area contributed by atoms with Gasteiger partial charge in [-0.2, -0.15) is 0 Å². The fourth-order valence-electron chi connectivity index (χ4n) is 7.14. The normalized spacial score (nSPS) is 22.5. The number of ether oxygens (including phenoxy) is 2. The van der Waals surface area contributed by atoms with E-state index in [4.69, 9.17) is 9.47 Å². The third-order valence-electron chi connectivity index (χ3n) is 11.0. The van der Waals surface area contributed by atoms with Gasteiger partial charge in [0, 0.05) is 0 Å². The predicted molar refractivity (Wildman–Crippen MR) is 224 cm³/mol. The van der Waals surface area contributed by atoms with Gasteiger partial charge in [-0.1, -0.05) is 147 Å². The fraction of sp³-hybridized carbons (Fsp3) is 0.889. The summed E-state index contributed by atoms with van der Waals surface area (Å²) in [4.78, 5) is 13.0. The summed E-state index contributed by atoms with van der Waals surface area (Å²) in [5.74, 6) is -0.714. The van der Waals surface area contributed by atoms with E-state index < -0.39 is 74.2 Å². The number of hydrogen-bond donors (Lipinski definition) is 8. The highest BCUT2D eigenvalue weighted by molar-refractivity contribution is 5.80. The molecule has 0 aromatic rings. The Hall–Kier alpha value is -1.41. The molecule has 1 aliphatic heterocycles. The van der Waals surface area contributed by atoms with Crippen LogP contribution in [0, 0.1) is 0 Å². The van der Waals surface area contributed by atoms with E-state index in [9.17, 15) is 40.5 Å². The lowest BCUT2D eigenvalue weighted by Crippen LogP contribution is -2.60. The van der Waals surface area contributed by atoms with Crippen molar-refractivity contribution < 1.29 is 50.0 Å². The van der Waals surface area contributed by atoms with Gasteiger partial charge in [0.15, 0.2) is 6.29 Å². The number of aliphatic hydroxyl groups is 7. The Labute approximate surface area is 340 Å². The van der Waals surface area contributed by atoms with E-state index in [2.05, 4.69) is 43.5 Å². The Bertz CT molecular complexity index is 965. The van der Waals surface area contributed by atoms with Crippen LogP contribution >= 0.6 is 0 Å². The lowest BCUT2D eigenvalue weighted by atomic mass is 9.98. The molecule has 9 unspecified atom stereocenters. The van der Waals surface area contributed by atoms with Crippen molar-refractivity contribution in [3.8, 4) is 0 Å². The van der Waals surface area contributed by atoms with Gasteiger partial charge in [-0.05, 0) is 64.2 Å². The number of aliphatic hydroxyl groups excluding tert-OH is 7. The van der Waals surface area contributed by atoms with E-state index in [0.717, 1.165) is 64.2 Å². The van der Waals surface area contributed by atoms with Gasteiger partial charge in [-0.3, -0.25) is 4.79 Å². The van der Waals surface area contributed by atoms with Gasteiger partial charge >= 0.3 is 0 Å². The van der Waals surface area contributed by atoms with E-state index in [1.807, 2.05) is 0 Å². The zero-order chi connectivity index (χ0) is 41.2. The molecule has 11 nitrogen and oxygen atoms in total. The maximum absolute atomic E-state index is 13.0. The molecule has 1 aliphatic rings. The van der Waals surface area contributed by atoms with Gasteiger partial charge in [0.25, 0.3) is 0 Å². The standard InChI is InChI=1S/C45H85NO10/c1-3-5-7-9-11-13-14-15-16-17-18-19-20-21-22-23-24-25-27-29-31-33-38(49)44(54)46-36(35-55-45-43(53)42(52)41(51)39(34-47)56-45)40(50)37(48)32-30-28-26-12-10-8-6-4-2/h12,20-21,26,36-43,45,47-53H,3-11,13-19,22-25,27-35H2,1-2H3,(H,46,54)/b21-20-,26-12+. The van der Waals surface area contributed by atoms with Crippen LogP contribution in [-0.2, 0) is 14.3 Å². The average Bonchev–Trinajstić information content (AvgIpc) is 3.20. The topological polar surface area (TPSA) is 189 Å². The molecule has 1 saturated heterocycles. The van der Waals surface area contributed by atoms with Crippen LogP contribution < -0.4 is 5.32 Å². The highest BCUT2D eigenvalue weighted by atomic mass is 16.7. The summed E-state index contributed by atoms with van der Waals surface area (Å²) < 4.78 is 11.0. The van der Waals surface area contributed by atoms with E-state index in [-0.39, 0.29) is 12.8 Å². The molecule has 11 heteroatoms. The molecule has 0 aromatic carbocycles. The van der Waals surface area contributed by atoms with Crippen molar-refractivity contribution in [2.24, 2.45) is 0 Å². The van der Waals surface area contributed by atoms with Gasteiger partial charge in [0.2, 0.25) is 5.91 Å². The van der Waals surface area contributed by atoms with Crippen LogP contribution in [0.25, 0.3) is 0 Å². The van der Waals surface area contributed by atoms with Crippen LogP contribution in [0.2, 0.25) is 0 Å². The van der Waals surface area contributed by atoms with Gasteiger partial charge < -0.3 is 50.5 Å². The maximum Gasteiger partial charge on any atom is 0.249 e. The number of carbonyl (C=O) groups excluding carboxylic acids is 1. The van der Waals surface area contributed by atoms with E-state index in [0.29, 0.717) is 12.8 Å². The molecular weight excluding hydrogens is 714 g/mol. The van der Waals surface area contributed by atoms with Crippen molar-refractivity contribution in [1.29, 1.82) is 0 Å². The van der Waals surface area contributed by atoms with Gasteiger partial charge in [0.1, 0.15) is 36.6 Å². The van der Waals surface area contributed by atoms with Crippen LogP contribution in [-0.4, -0.2) is 110 Å². The largest absolute Gasteiger partial charge is 0.394 e. The van der Waals surface area contributed by atoms with Crippen LogP contribution in [0.15, 0.2) is 24.3 Å². The molecule has 1 amide bonds. The number of amides is 1. The summed E-state index contributed by atoms with van der Waals surface area (Å²) in [5.41, 5.74) is 0. The lowest BCUT2D eigenvalue weighted by Gasteiger charge is -2.40. The second-order valence-electron chi connectivity index (χ2n) is 16.1. The summed E-state index contributed by atoms with van der Waals surface area (Å²) in [6.45, 7) is 3.35. The zero-order valence-electron chi connectivity index (χ0n) is 35.4. The van der Waals surface area contributed by atoms with Crippen LogP contribution in [0.5, 0.6) is 0 Å². The Morgan fingerprint density at radius 3 is 1.57 bits per heavy atom. The second-order valence-corrected chi connectivity index (χ2v) is 16.1. The summed E-state index contributed by atoms with van der Waals surface area (Å²) in [6, 6.07) is -1.18. The van der Waals surface area contributed by atoms with Crippen molar-refractivity contribution in [2.75, 3.05) is 13.2 Å². The summed E-state index contributed by atoms with van der Waals surface area (Å²) in [7, 11) is 0. The summed E-state index contributed by atoms with van der Waals surface area (Å²) >= 11 is 0. The highest BCUT2D eigenvalue weighted by Crippen LogP contribution is 2.23. The molecular formula is C45H85NO10. The molecule has 8 N–H and O–H groups in total. The van der Waals surface area contributed by atoms with Crippen LogP contribution in [0.1, 0.15) is 187 Å². The molecule has 0 saturated carbocycles. The second kappa shape index (κ2) is 35.5. The first-order chi connectivity index (χ1) is 27.2. The first-order valence-corrected chi connectivity index (χ1v) is 22.7. The quantitative estimate of drug-likeness (QED) is 0.0239. The summed E-state index contributed by atoms with van der Waals surface area (Å²) in [5, 5.41) is 75.3. The molecule has 0 aliphatic carbocycles. The van der Waals surface area contributed by atoms with Crippen molar-refractivity contribution in [1.82, 2.24) is 5.32 Å². The minimum absolute atomic E-state index is 0.247. The molecule has 56 heavy (non-hydrogen) atoms. The SMILES string of the molecule is CCCCC/C=C/CCCC(O)C(O)C(COC1OC(CO)C(O)C(O)C1O)NC(=O)C(O)CCCCCCCC/C=C\CCCCCCCCCCCCC. The predicted octanol–water partition coefficient (Wildman–Crippen LogP) is 7.06. The fourth-order valence-corrected chi connectivity index (χ4v) is 7.14. The average molecular weight is 800 g/mol. The smallest absolute Gasteiger partial charge is 0.249 e. The minimum atomic E-state index is -1.67. The Balaban J connectivity index is 2.38. The van der Waals surface area contributed by atoms with Crippen molar-refractivity contribution in [2.45, 2.75) is 242 Å². The van der Waals surface area contributed by atoms with Gasteiger partial charge in [-0.25, -0.2) is 0 Å². The molecule has 0 spiro atoms. The van der Waals surface area contributed by atoms with Crippen molar-refractivity contribution in [3.63, 3.8) is 0 Å². The Morgan fingerprint density at radius 1 is 0.607 bits per heavy atom. The maximum atomic E-state index is 13.0. The lowest BCUT2D eigenvalue weighted by molar-refractivity contribution is -0.303. The molecule has 1 heterocycles. The zero-order valence-corrected chi connectivity index (χ0v) is 35.4. The van der Waals surface area contributed by atoms with E-state index in [1.165, 1.54) is 83.5 Å². The number of allylic oxidation sites excluding steroid dienone is 4. The van der Waals surface area contributed by atoms with Crippen molar-refractivity contribution >= 4 is 5.91 Å². The number of hydrogen-bond acceptors (Lipinski definition) is 10. The van der Waals surface area contributed by atoms with E-state index >= 15 is 0 Å². The number of unbranched alkanes of at least 4 members (excludes halogenated alkanes) is 21. The molecule has 1 rings (SSSR count). The van der Waals surface area contributed by atoms with Crippen LogP contribution in [0.3, 0.4) is 0 Å².